The summed E-state index contributed by atoms with van der Waals surface area (Å²) >= 11 is 0.606. The minimum Gasteiger partial charge on any atom is -0.391 e. The molecule has 19 nitrogen and oxygen atoms in total. The van der Waals surface area contributed by atoms with Gasteiger partial charge in [-0.3, -0.25) is 38.3 Å². The second kappa shape index (κ2) is 23.0. The van der Waals surface area contributed by atoms with Crippen LogP contribution in [0.25, 0.3) is 0 Å². The van der Waals surface area contributed by atoms with Crippen molar-refractivity contribution < 1.29 is 46.8 Å². The molecule has 7 atom stereocenters. The van der Waals surface area contributed by atoms with E-state index in [4.69, 9.17) is 21.8 Å². The molecule has 21 heteroatoms. The van der Waals surface area contributed by atoms with Crippen LogP contribution >= 0.6 is 11.8 Å². The van der Waals surface area contributed by atoms with E-state index in [0.717, 1.165) is 0 Å². The van der Waals surface area contributed by atoms with Gasteiger partial charge in [0.2, 0.25) is 34.7 Å². The summed E-state index contributed by atoms with van der Waals surface area (Å²) in [4.78, 5) is 80.3. The highest BCUT2D eigenvalue weighted by Crippen LogP contribution is 2.14. The zero-order chi connectivity index (χ0) is 37.9. The van der Waals surface area contributed by atoms with Crippen LogP contribution in [0.1, 0.15) is 60.3 Å². The quantitative estimate of drug-likeness (QED) is 0.0212. The molecule has 0 aliphatic rings. The van der Waals surface area contributed by atoms with Gasteiger partial charge in [-0.05, 0) is 31.6 Å². The summed E-state index contributed by atoms with van der Waals surface area (Å²) in [6, 6.07) is -4.54. The fourth-order valence-corrected chi connectivity index (χ4v) is 5.73. The monoisotopic (exact) mass is 739 g/mol. The van der Waals surface area contributed by atoms with Gasteiger partial charge in [-0.25, -0.2) is 0 Å². The summed E-state index contributed by atoms with van der Waals surface area (Å²) in [7, 11) is -4.31. The summed E-state index contributed by atoms with van der Waals surface area (Å²) in [5.74, 6) is -5.45. The van der Waals surface area contributed by atoms with Gasteiger partial charge in [0.25, 0.3) is 10.1 Å². The zero-order valence-electron chi connectivity index (χ0n) is 28.6. The predicted molar refractivity (Wildman–Crippen MR) is 184 cm³/mol. The maximum absolute atomic E-state index is 13.3. The van der Waals surface area contributed by atoms with Crippen molar-refractivity contribution in [3.05, 3.63) is 0 Å². The maximum Gasteiger partial charge on any atom is 0.265 e. The number of amides is 5. The molecule has 0 saturated heterocycles. The highest BCUT2D eigenvalue weighted by Gasteiger charge is 2.31. The number of aliphatic hydroxyl groups excluding tert-OH is 1. The Balaban J connectivity index is 5.38. The lowest BCUT2D eigenvalue weighted by Gasteiger charge is -2.26. The van der Waals surface area contributed by atoms with Crippen molar-refractivity contribution in [3.8, 4) is 0 Å². The molecule has 0 heterocycles. The van der Waals surface area contributed by atoms with Crippen molar-refractivity contribution in [3.63, 3.8) is 0 Å². The average Bonchev–Trinajstić information content (AvgIpc) is 3.02. The molecule has 5 amide bonds. The van der Waals surface area contributed by atoms with Crippen molar-refractivity contribution in [2.75, 3.05) is 31.1 Å². The van der Waals surface area contributed by atoms with Gasteiger partial charge in [0, 0.05) is 12.3 Å². The van der Waals surface area contributed by atoms with Crippen LogP contribution in [0.2, 0.25) is 0 Å². The predicted octanol–water partition coefficient (Wildman–Crippen LogP) is -3.33. The summed E-state index contributed by atoms with van der Waals surface area (Å²) in [6.07, 6.45) is 0.145. The van der Waals surface area contributed by atoms with Crippen LogP contribution in [0.5, 0.6) is 0 Å². The van der Waals surface area contributed by atoms with E-state index in [1.807, 2.05) is 0 Å². The number of hydrogen-bond acceptors (Lipinski definition) is 12. The first-order valence-corrected chi connectivity index (χ1v) is 18.4. The van der Waals surface area contributed by atoms with Crippen molar-refractivity contribution in [2.24, 2.45) is 34.0 Å². The van der Waals surface area contributed by atoms with Crippen LogP contribution in [-0.2, 0) is 38.9 Å². The minimum absolute atomic E-state index is 0.0815. The summed E-state index contributed by atoms with van der Waals surface area (Å²) in [5, 5.41) is 21.3. The number of rotatable bonds is 23. The number of aliphatic imine (C=N–C) groups is 1. The van der Waals surface area contributed by atoms with Crippen LogP contribution < -0.4 is 43.8 Å². The first kappa shape index (κ1) is 45.5. The standard InChI is InChI=1S/C28H53N9O10S2/c1-6-15(3)22(37-24(41)21(29)17(5)38)25(42)34-13-19(39)33-14-20(40)36-23(16(4)7-2)26(43)35-18(9-8-10-32-28(30)31)27(44)48-11-12-49(45,46)47/h15-18,21-23,38H,6-14,29H2,1-5H3,(H,33,39)(H,34,42)(H,35,43)(H,36,40)(H,37,41)(H4,30,31,32)(H,45,46,47)/t15-,16-,17+,18-,21-,22-,23-/m0/s1. The number of nitrogens with zero attached hydrogens (tertiary/aromatic N) is 1. The smallest absolute Gasteiger partial charge is 0.265 e. The van der Waals surface area contributed by atoms with Gasteiger partial charge in [-0.2, -0.15) is 8.42 Å². The van der Waals surface area contributed by atoms with E-state index in [-0.39, 0.29) is 37.0 Å². The zero-order valence-corrected chi connectivity index (χ0v) is 30.2. The Morgan fingerprint density at radius 3 is 1.88 bits per heavy atom. The topological polar surface area (TPSA) is 328 Å². The van der Waals surface area contributed by atoms with Gasteiger partial charge in [0.1, 0.15) is 18.1 Å². The Morgan fingerprint density at radius 2 is 1.37 bits per heavy atom. The Hall–Kier alpha value is -3.53. The van der Waals surface area contributed by atoms with Crippen LogP contribution in [-0.4, -0.2) is 120 Å². The molecular formula is C28H53N9O10S2. The van der Waals surface area contributed by atoms with Crippen molar-refractivity contribution in [1.29, 1.82) is 0 Å². The molecule has 0 radical (unpaired) electrons. The third-order valence-corrected chi connectivity index (χ3v) is 9.38. The van der Waals surface area contributed by atoms with E-state index >= 15 is 0 Å². The third kappa shape index (κ3) is 19.3. The van der Waals surface area contributed by atoms with E-state index in [0.29, 0.717) is 24.6 Å². The van der Waals surface area contributed by atoms with E-state index in [2.05, 4.69) is 31.6 Å². The number of aliphatic hydroxyl groups is 1. The number of guanidine groups is 1. The van der Waals surface area contributed by atoms with E-state index < -0.39 is 99.8 Å². The van der Waals surface area contributed by atoms with Crippen molar-refractivity contribution >= 4 is 62.5 Å². The maximum atomic E-state index is 13.3. The molecule has 0 aliphatic carbocycles. The van der Waals surface area contributed by atoms with Gasteiger partial charge in [-0.1, -0.05) is 52.3 Å². The molecule has 49 heavy (non-hydrogen) atoms. The van der Waals surface area contributed by atoms with E-state index in [9.17, 15) is 42.3 Å². The Morgan fingerprint density at radius 1 is 0.816 bits per heavy atom. The fourth-order valence-electron chi connectivity index (χ4n) is 3.98. The molecular weight excluding hydrogens is 686 g/mol. The van der Waals surface area contributed by atoms with Gasteiger partial charge in [0.05, 0.1) is 31.0 Å². The highest BCUT2D eigenvalue weighted by atomic mass is 32.2. The van der Waals surface area contributed by atoms with Crippen LogP contribution in [0, 0.1) is 11.8 Å². The summed E-state index contributed by atoms with van der Waals surface area (Å²) in [5.41, 5.74) is 16.3. The van der Waals surface area contributed by atoms with Gasteiger partial charge >= 0.3 is 0 Å². The molecule has 0 aromatic carbocycles. The summed E-state index contributed by atoms with van der Waals surface area (Å²) in [6.45, 7) is 7.35. The number of hydrogen-bond donors (Lipinski definition) is 10. The van der Waals surface area contributed by atoms with E-state index in [1.165, 1.54) is 6.92 Å². The Labute approximate surface area is 291 Å². The molecule has 0 saturated carbocycles. The normalized spacial score (nSPS) is 15.6. The van der Waals surface area contributed by atoms with Crippen molar-refractivity contribution in [1.82, 2.24) is 26.6 Å². The highest BCUT2D eigenvalue weighted by molar-refractivity contribution is 8.14. The van der Waals surface area contributed by atoms with Crippen molar-refractivity contribution in [2.45, 2.75) is 90.6 Å². The van der Waals surface area contributed by atoms with Gasteiger partial charge < -0.3 is 48.9 Å². The number of nitrogens with one attached hydrogen (secondary N) is 5. The van der Waals surface area contributed by atoms with Gasteiger partial charge in [-0.15, -0.1) is 0 Å². The largest absolute Gasteiger partial charge is 0.391 e. The number of thioether (sulfide) groups is 1. The number of nitrogens with two attached hydrogens (primary N) is 3. The first-order chi connectivity index (χ1) is 22.7. The lowest BCUT2D eigenvalue weighted by atomic mass is 9.97. The minimum atomic E-state index is -4.31. The molecule has 0 rings (SSSR count). The molecule has 0 spiro atoms. The SMILES string of the molecule is CC[C@H](C)[C@H](NC(=O)CNC(=O)CNC(=O)[C@@H](NC(=O)[C@@H](N)[C@@H](C)O)[C@@H](C)CC)C(=O)N[C@@H](CCCN=C(N)N)C(=O)SCCS(=O)(=O)O. The number of carbonyl (C=O) groups excluding carboxylic acids is 6. The molecule has 0 fully saturated rings. The van der Waals surface area contributed by atoms with Crippen LogP contribution in [0.3, 0.4) is 0 Å². The average molecular weight is 740 g/mol. The van der Waals surface area contributed by atoms with E-state index in [1.54, 1.807) is 27.7 Å². The summed E-state index contributed by atoms with van der Waals surface area (Å²) < 4.78 is 31.1. The Kier molecular flexibility index (Phi) is 21.3. The Bertz CT molecular complexity index is 1260. The molecule has 13 N–H and O–H groups in total. The van der Waals surface area contributed by atoms with Gasteiger partial charge in [0.15, 0.2) is 5.96 Å². The molecule has 0 aromatic rings. The molecule has 0 aliphatic heterocycles. The second-order valence-electron chi connectivity index (χ2n) is 11.5. The lowest BCUT2D eigenvalue weighted by Crippen LogP contribution is -2.57. The lowest BCUT2D eigenvalue weighted by molar-refractivity contribution is -0.133. The second-order valence-corrected chi connectivity index (χ2v) is 14.2. The molecule has 0 unspecified atom stereocenters. The third-order valence-electron chi connectivity index (χ3n) is 7.43. The first-order valence-electron chi connectivity index (χ1n) is 15.8. The molecule has 0 aromatic heterocycles. The van der Waals surface area contributed by atoms with Crippen LogP contribution in [0.4, 0.5) is 0 Å². The van der Waals surface area contributed by atoms with Crippen LogP contribution in [0.15, 0.2) is 4.99 Å². The molecule has 282 valence electrons. The fraction of sp³-hybridized carbons (Fsp3) is 0.750. The molecule has 0 bridgehead atoms. The number of carbonyl (C=O) groups is 6.